The predicted octanol–water partition coefficient (Wildman–Crippen LogP) is 1.88. The monoisotopic (exact) mass is 348 g/mol. The van der Waals surface area contributed by atoms with Gasteiger partial charge in [0, 0.05) is 26.2 Å². The van der Waals surface area contributed by atoms with E-state index < -0.39 is 10.0 Å². The number of furan rings is 1. The molecule has 2 aromatic rings. The van der Waals surface area contributed by atoms with Gasteiger partial charge < -0.3 is 9.32 Å². The zero-order valence-electron chi connectivity index (χ0n) is 13.5. The van der Waals surface area contributed by atoms with E-state index in [2.05, 4.69) is 0 Å². The maximum atomic E-state index is 12.5. The Balaban J connectivity index is 1.62. The van der Waals surface area contributed by atoms with Gasteiger partial charge in [0.15, 0.2) is 0 Å². The van der Waals surface area contributed by atoms with Crippen LogP contribution in [0.5, 0.6) is 0 Å². The Hall–Kier alpha value is -2.12. The summed E-state index contributed by atoms with van der Waals surface area (Å²) in [5.41, 5.74) is 1.31. The first-order valence-electron chi connectivity index (χ1n) is 7.82. The number of carbonyl (C=O) groups excluding carboxylic acids is 1. The van der Waals surface area contributed by atoms with Gasteiger partial charge in [0.05, 0.1) is 17.6 Å². The molecule has 0 radical (unpaired) electrons. The van der Waals surface area contributed by atoms with Crippen molar-refractivity contribution >= 4 is 15.9 Å². The molecule has 1 aliphatic rings. The molecule has 0 atom stereocenters. The van der Waals surface area contributed by atoms with E-state index in [-0.39, 0.29) is 11.7 Å². The van der Waals surface area contributed by atoms with Crippen molar-refractivity contribution in [1.82, 2.24) is 9.21 Å². The van der Waals surface area contributed by atoms with Crippen molar-refractivity contribution in [3.63, 3.8) is 0 Å². The number of rotatable bonds is 4. The number of sulfonamides is 1. The number of hydrogen-bond donors (Lipinski definition) is 0. The smallest absolute Gasteiger partial charge is 0.257 e. The third-order valence-electron chi connectivity index (χ3n) is 4.20. The Morgan fingerprint density at radius 2 is 1.75 bits per heavy atom. The van der Waals surface area contributed by atoms with Crippen molar-refractivity contribution < 1.29 is 17.6 Å². The van der Waals surface area contributed by atoms with Crippen LogP contribution >= 0.6 is 0 Å². The quantitative estimate of drug-likeness (QED) is 0.846. The fourth-order valence-electron chi connectivity index (χ4n) is 2.82. The summed E-state index contributed by atoms with van der Waals surface area (Å²) < 4.78 is 31.7. The highest BCUT2D eigenvalue weighted by molar-refractivity contribution is 7.88. The fourth-order valence-corrected chi connectivity index (χ4v) is 4.34. The predicted molar refractivity (Wildman–Crippen MR) is 90.0 cm³/mol. The van der Waals surface area contributed by atoms with Gasteiger partial charge in [-0.3, -0.25) is 4.79 Å². The lowest BCUT2D eigenvalue weighted by molar-refractivity contribution is 0.0696. The van der Waals surface area contributed by atoms with Gasteiger partial charge >= 0.3 is 0 Å². The minimum atomic E-state index is -3.37. The number of benzene rings is 1. The summed E-state index contributed by atoms with van der Waals surface area (Å²) in [6, 6.07) is 10.8. The van der Waals surface area contributed by atoms with Crippen LogP contribution in [-0.2, 0) is 15.8 Å². The van der Waals surface area contributed by atoms with E-state index in [0.29, 0.717) is 37.5 Å². The molecule has 1 amide bonds. The summed E-state index contributed by atoms with van der Waals surface area (Å²) in [4.78, 5) is 14.1. The molecule has 0 aliphatic carbocycles. The van der Waals surface area contributed by atoms with Crippen molar-refractivity contribution in [3.05, 3.63) is 59.5 Å². The summed E-state index contributed by atoms with van der Waals surface area (Å²) in [7, 11) is -3.37. The fraction of sp³-hybridized carbons (Fsp3) is 0.353. The molecule has 2 heterocycles. The van der Waals surface area contributed by atoms with E-state index in [0.717, 1.165) is 5.56 Å². The molecule has 128 valence electrons. The molecule has 1 saturated heterocycles. The van der Waals surface area contributed by atoms with E-state index >= 15 is 0 Å². The topological polar surface area (TPSA) is 70.8 Å². The number of nitrogens with zero attached hydrogens (tertiary/aromatic N) is 2. The van der Waals surface area contributed by atoms with E-state index in [4.69, 9.17) is 4.42 Å². The van der Waals surface area contributed by atoms with Crippen LogP contribution in [0, 0.1) is 6.92 Å². The summed E-state index contributed by atoms with van der Waals surface area (Å²) in [6.07, 6.45) is 1.49. The highest BCUT2D eigenvalue weighted by atomic mass is 32.2. The molecule has 3 rings (SSSR count). The zero-order valence-corrected chi connectivity index (χ0v) is 14.3. The Morgan fingerprint density at radius 3 is 2.33 bits per heavy atom. The van der Waals surface area contributed by atoms with Crippen molar-refractivity contribution in [2.75, 3.05) is 26.2 Å². The standard InChI is InChI=1S/C17H20N2O4S/c1-14-16(7-12-23-14)17(20)18-8-10-19(11-9-18)24(21,22)13-15-5-3-2-4-6-15/h2-7,12H,8-11,13H2,1H3. The molecule has 0 spiro atoms. The normalized spacial score (nSPS) is 16.3. The van der Waals surface area contributed by atoms with Crippen LogP contribution in [0.4, 0.5) is 0 Å². The maximum Gasteiger partial charge on any atom is 0.257 e. The molecule has 1 aromatic carbocycles. The van der Waals surface area contributed by atoms with E-state index in [1.54, 1.807) is 30.0 Å². The van der Waals surface area contributed by atoms with Crippen LogP contribution in [0.15, 0.2) is 47.1 Å². The van der Waals surface area contributed by atoms with Crippen LogP contribution in [-0.4, -0.2) is 49.7 Å². The number of piperazine rings is 1. The summed E-state index contributed by atoms with van der Waals surface area (Å²) in [5.74, 6) is 0.461. The molecule has 6 nitrogen and oxygen atoms in total. The molecule has 1 aromatic heterocycles. The number of amides is 1. The van der Waals surface area contributed by atoms with Gasteiger partial charge in [-0.25, -0.2) is 8.42 Å². The molecule has 0 bridgehead atoms. The van der Waals surface area contributed by atoms with Gasteiger partial charge in [0.25, 0.3) is 5.91 Å². The van der Waals surface area contributed by atoms with Gasteiger partial charge in [0.2, 0.25) is 10.0 Å². The van der Waals surface area contributed by atoms with E-state index in [1.807, 2.05) is 18.2 Å². The third-order valence-corrected chi connectivity index (χ3v) is 6.05. The third kappa shape index (κ3) is 3.52. The Labute approximate surface area is 141 Å². The Kier molecular flexibility index (Phi) is 4.73. The van der Waals surface area contributed by atoms with Crippen LogP contribution in [0.3, 0.4) is 0 Å². The minimum Gasteiger partial charge on any atom is -0.469 e. The lowest BCUT2D eigenvalue weighted by Gasteiger charge is -2.34. The molecule has 7 heteroatoms. The molecular formula is C17H20N2O4S. The Bertz CT molecular complexity index is 806. The van der Waals surface area contributed by atoms with Crippen LogP contribution in [0.1, 0.15) is 21.7 Å². The SMILES string of the molecule is Cc1occc1C(=O)N1CCN(S(=O)(=O)Cc2ccccc2)CC1. The highest BCUT2D eigenvalue weighted by Crippen LogP contribution is 2.17. The lowest BCUT2D eigenvalue weighted by atomic mass is 10.2. The number of carbonyl (C=O) groups is 1. The van der Waals surface area contributed by atoms with E-state index in [1.165, 1.54) is 10.6 Å². The van der Waals surface area contributed by atoms with Crippen LogP contribution in [0.2, 0.25) is 0 Å². The second-order valence-corrected chi connectivity index (χ2v) is 7.79. The highest BCUT2D eigenvalue weighted by Gasteiger charge is 2.30. The van der Waals surface area contributed by atoms with Gasteiger partial charge in [-0.1, -0.05) is 30.3 Å². The first-order chi connectivity index (χ1) is 11.5. The molecule has 1 aliphatic heterocycles. The van der Waals surface area contributed by atoms with Gasteiger partial charge in [-0.15, -0.1) is 0 Å². The van der Waals surface area contributed by atoms with E-state index in [9.17, 15) is 13.2 Å². The second-order valence-electron chi connectivity index (χ2n) is 5.82. The molecular weight excluding hydrogens is 328 g/mol. The molecule has 1 fully saturated rings. The second kappa shape index (κ2) is 6.78. The van der Waals surface area contributed by atoms with Crippen molar-refractivity contribution in [2.45, 2.75) is 12.7 Å². The summed E-state index contributed by atoms with van der Waals surface area (Å²) in [5, 5.41) is 0. The number of hydrogen-bond acceptors (Lipinski definition) is 4. The molecule has 24 heavy (non-hydrogen) atoms. The largest absolute Gasteiger partial charge is 0.469 e. The summed E-state index contributed by atoms with van der Waals surface area (Å²) >= 11 is 0. The average molecular weight is 348 g/mol. The maximum absolute atomic E-state index is 12.5. The zero-order chi connectivity index (χ0) is 17.2. The number of aryl methyl sites for hydroxylation is 1. The Morgan fingerprint density at radius 1 is 1.08 bits per heavy atom. The first-order valence-corrected chi connectivity index (χ1v) is 9.43. The first kappa shape index (κ1) is 16.7. The van der Waals surface area contributed by atoms with Gasteiger partial charge in [0.1, 0.15) is 5.76 Å². The molecule has 0 N–H and O–H groups in total. The summed E-state index contributed by atoms with van der Waals surface area (Å²) in [6.45, 7) is 3.15. The van der Waals surface area contributed by atoms with Crippen LogP contribution < -0.4 is 0 Å². The van der Waals surface area contributed by atoms with Crippen molar-refractivity contribution in [1.29, 1.82) is 0 Å². The van der Waals surface area contributed by atoms with Crippen molar-refractivity contribution in [2.24, 2.45) is 0 Å². The average Bonchev–Trinajstić information content (AvgIpc) is 3.01. The molecule has 0 saturated carbocycles. The van der Waals surface area contributed by atoms with Crippen LogP contribution in [0.25, 0.3) is 0 Å². The lowest BCUT2D eigenvalue weighted by Crippen LogP contribution is -2.50. The van der Waals surface area contributed by atoms with Gasteiger partial charge in [-0.05, 0) is 18.6 Å². The van der Waals surface area contributed by atoms with Gasteiger partial charge in [-0.2, -0.15) is 4.31 Å². The minimum absolute atomic E-state index is 0.0113. The molecule has 0 unspecified atom stereocenters. The van der Waals surface area contributed by atoms with Crippen molar-refractivity contribution in [3.8, 4) is 0 Å².